The molecule has 0 aromatic heterocycles. The Hall–Kier alpha value is -1.50. The van der Waals surface area contributed by atoms with Gasteiger partial charge >= 0.3 is 12.3 Å². The number of rotatable bonds is 7. The first-order chi connectivity index (χ1) is 8.92. The van der Waals surface area contributed by atoms with Gasteiger partial charge in [0.05, 0.1) is 20.8 Å². The van der Waals surface area contributed by atoms with Crippen LogP contribution in [-0.4, -0.2) is 33.1 Å². The Balaban J connectivity index is 2.68. The summed E-state index contributed by atoms with van der Waals surface area (Å²) >= 11 is 0. The molecule has 0 radical (unpaired) electrons. The van der Waals surface area contributed by atoms with Crippen molar-refractivity contribution in [3.05, 3.63) is 23.8 Å². The Morgan fingerprint density at radius 1 is 1.21 bits per heavy atom. The van der Waals surface area contributed by atoms with Crippen molar-refractivity contribution >= 4 is 0 Å². The maximum Gasteiger partial charge on any atom is 0.319 e. The first-order valence-corrected chi connectivity index (χ1v) is 5.49. The highest BCUT2D eigenvalue weighted by Crippen LogP contribution is 2.30. The quantitative estimate of drug-likeness (QED) is 0.779. The van der Waals surface area contributed by atoms with Gasteiger partial charge in [-0.1, -0.05) is 12.1 Å². The van der Waals surface area contributed by atoms with Gasteiger partial charge in [-0.3, -0.25) is 0 Å². The summed E-state index contributed by atoms with van der Waals surface area (Å²) in [6.07, 6.45) is -3.69. The molecule has 0 saturated heterocycles. The molecule has 19 heavy (non-hydrogen) atoms. The van der Waals surface area contributed by atoms with Crippen LogP contribution in [0.15, 0.2) is 18.2 Å². The van der Waals surface area contributed by atoms with E-state index in [2.05, 4.69) is 5.32 Å². The van der Waals surface area contributed by atoms with Crippen LogP contribution < -0.4 is 14.8 Å². The van der Waals surface area contributed by atoms with Crippen molar-refractivity contribution in [1.82, 2.24) is 5.32 Å². The smallest absolute Gasteiger partial charge is 0.319 e. The van der Waals surface area contributed by atoms with Crippen molar-refractivity contribution < 1.29 is 27.0 Å². The standard InChI is InChI=1S/C12H15F4NO2/c1-18-9-5-3-4-8(10(9)19-2)6-17-7-12(15,16)11(13)14/h3-5,11,17H,6-7H2,1-2H3. The van der Waals surface area contributed by atoms with E-state index in [1.54, 1.807) is 18.2 Å². The fourth-order valence-electron chi connectivity index (χ4n) is 1.53. The highest BCUT2D eigenvalue weighted by atomic mass is 19.3. The predicted molar refractivity (Wildman–Crippen MR) is 62.2 cm³/mol. The average Bonchev–Trinajstić information content (AvgIpc) is 2.37. The monoisotopic (exact) mass is 281 g/mol. The average molecular weight is 281 g/mol. The molecule has 0 unspecified atom stereocenters. The van der Waals surface area contributed by atoms with Crippen LogP contribution >= 0.6 is 0 Å². The molecular formula is C12H15F4NO2. The molecule has 0 fully saturated rings. The van der Waals surface area contributed by atoms with E-state index in [0.29, 0.717) is 17.1 Å². The van der Waals surface area contributed by atoms with Crippen LogP contribution in [-0.2, 0) is 6.54 Å². The first kappa shape index (κ1) is 15.6. The summed E-state index contributed by atoms with van der Waals surface area (Å²) in [5.74, 6) is -3.22. The van der Waals surface area contributed by atoms with E-state index in [4.69, 9.17) is 9.47 Å². The van der Waals surface area contributed by atoms with Crippen molar-refractivity contribution in [1.29, 1.82) is 0 Å². The van der Waals surface area contributed by atoms with Crippen LogP contribution in [0.1, 0.15) is 5.56 Å². The zero-order valence-electron chi connectivity index (χ0n) is 10.6. The van der Waals surface area contributed by atoms with Gasteiger partial charge in [0.25, 0.3) is 0 Å². The number of methoxy groups -OCH3 is 2. The largest absolute Gasteiger partial charge is 0.493 e. The van der Waals surface area contributed by atoms with Gasteiger partial charge in [0, 0.05) is 12.1 Å². The highest BCUT2D eigenvalue weighted by Gasteiger charge is 2.40. The number of halogens is 4. The molecular weight excluding hydrogens is 266 g/mol. The van der Waals surface area contributed by atoms with E-state index in [1.165, 1.54) is 14.2 Å². The van der Waals surface area contributed by atoms with Gasteiger partial charge in [-0.2, -0.15) is 8.78 Å². The van der Waals surface area contributed by atoms with Crippen LogP contribution in [0.4, 0.5) is 17.6 Å². The Bertz CT molecular complexity index is 413. The number of nitrogens with one attached hydrogen (secondary N) is 1. The summed E-state index contributed by atoms with van der Waals surface area (Å²) < 4.78 is 59.5. The van der Waals surface area contributed by atoms with Crippen molar-refractivity contribution in [2.24, 2.45) is 0 Å². The molecule has 108 valence electrons. The van der Waals surface area contributed by atoms with Crippen molar-refractivity contribution in [2.45, 2.75) is 18.9 Å². The molecule has 0 saturated carbocycles. The van der Waals surface area contributed by atoms with E-state index >= 15 is 0 Å². The first-order valence-electron chi connectivity index (χ1n) is 5.49. The van der Waals surface area contributed by atoms with Gasteiger partial charge in [0.2, 0.25) is 0 Å². The third-order valence-corrected chi connectivity index (χ3v) is 2.48. The molecule has 0 amide bonds. The lowest BCUT2D eigenvalue weighted by atomic mass is 10.2. The lowest BCUT2D eigenvalue weighted by Gasteiger charge is -2.17. The Kier molecular flexibility index (Phi) is 5.41. The second-order valence-corrected chi connectivity index (χ2v) is 3.82. The van der Waals surface area contributed by atoms with Gasteiger partial charge in [-0.15, -0.1) is 0 Å². The molecule has 1 N–H and O–H groups in total. The fourth-order valence-corrected chi connectivity index (χ4v) is 1.53. The van der Waals surface area contributed by atoms with Gasteiger partial charge in [0.1, 0.15) is 0 Å². The summed E-state index contributed by atoms with van der Waals surface area (Å²) in [6.45, 7) is -1.13. The fraction of sp³-hybridized carbons (Fsp3) is 0.500. The number of alkyl halides is 4. The second kappa shape index (κ2) is 6.60. The Morgan fingerprint density at radius 2 is 1.89 bits per heavy atom. The minimum atomic E-state index is -4.05. The Morgan fingerprint density at radius 3 is 2.42 bits per heavy atom. The van der Waals surface area contributed by atoms with Crippen LogP contribution in [0.3, 0.4) is 0 Å². The van der Waals surface area contributed by atoms with E-state index in [0.717, 1.165) is 0 Å². The molecule has 0 aliphatic rings. The molecule has 0 bridgehead atoms. The zero-order chi connectivity index (χ0) is 14.5. The summed E-state index contributed by atoms with van der Waals surface area (Å²) in [7, 11) is 2.86. The molecule has 0 spiro atoms. The van der Waals surface area contributed by atoms with E-state index < -0.39 is 18.9 Å². The summed E-state index contributed by atoms with van der Waals surface area (Å²) in [4.78, 5) is 0. The van der Waals surface area contributed by atoms with Crippen LogP contribution in [0.25, 0.3) is 0 Å². The molecule has 0 atom stereocenters. The lowest BCUT2D eigenvalue weighted by molar-refractivity contribution is -0.125. The zero-order valence-corrected chi connectivity index (χ0v) is 10.6. The second-order valence-electron chi connectivity index (χ2n) is 3.82. The maximum atomic E-state index is 12.7. The number of para-hydroxylation sites is 1. The van der Waals surface area contributed by atoms with Gasteiger partial charge in [-0.05, 0) is 6.07 Å². The molecule has 1 aromatic rings. The van der Waals surface area contributed by atoms with E-state index in [9.17, 15) is 17.6 Å². The maximum absolute atomic E-state index is 12.7. The normalized spacial score (nSPS) is 11.7. The van der Waals surface area contributed by atoms with Crippen LogP contribution in [0.2, 0.25) is 0 Å². The molecule has 0 aliphatic heterocycles. The molecule has 1 rings (SSSR count). The molecule has 1 aromatic carbocycles. The van der Waals surface area contributed by atoms with E-state index in [-0.39, 0.29) is 6.54 Å². The van der Waals surface area contributed by atoms with Gasteiger partial charge in [0.15, 0.2) is 11.5 Å². The molecule has 0 heterocycles. The summed E-state index contributed by atoms with van der Waals surface area (Å²) in [5.41, 5.74) is 0.548. The van der Waals surface area contributed by atoms with Crippen molar-refractivity contribution in [3.8, 4) is 11.5 Å². The van der Waals surface area contributed by atoms with Crippen molar-refractivity contribution in [3.63, 3.8) is 0 Å². The number of hydrogen-bond acceptors (Lipinski definition) is 3. The van der Waals surface area contributed by atoms with Crippen LogP contribution in [0, 0.1) is 0 Å². The predicted octanol–water partition coefficient (Wildman–Crippen LogP) is 2.69. The van der Waals surface area contributed by atoms with Gasteiger partial charge in [-0.25, -0.2) is 8.78 Å². The Labute approximate surface area is 108 Å². The third kappa shape index (κ3) is 3.99. The lowest BCUT2D eigenvalue weighted by Crippen LogP contribution is -2.38. The molecule has 3 nitrogen and oxygen atoms in total. The van der Waals surface area contributed by atoms with Crippen LogP contribution in [0.5, 0.6) is 11.5 Å². The highest BCUT2D eigenvalue weighted by molar-refractivity contribution is 5.46. The third-order valence-electron chi connectivity index (χ3n) is 2.48. The minimum Gasteiger partial charge on any atom is -0.493 e. The molecule has 7 heteroatoms. The topological polar surface area (TPSA) is 30.5 Å². The molecule has 0 aliphatic carbocycles. The van der Waals surface area contributed by atoms with Gasteiger partial charge < -0.3 is 14.8 Å². The number of benzene rings is 1. The van der Waals surface area contributed by atoms with Crippen molar-refractivity contribution in [2.75, 3.05) is 20.8 Å². The SMILES string of the molecule is COc1cccc(CNCC(F)(F)C(F)F)c1OC. The summed E-state index contributed by atoms with van der Waals surface area (Å²) in [6, 6.07) is 4.94. The number of hydrogen-bond donors (Lipinski definition) is 1. The number of ether oxygens (including phenoxy) is 2. The minimum absolute atomic E-state index is 0.0251. The summed E-state index contributed by atoms with van der Waals surface area (Å²) in [5, 5.41) is 2.28. The van der Waals surface area contributed by atoms with E-state index in [1.807, 2.05) is 0 Å².